The third-order valence-electron chi connectivity index (χ3n) is 6.03. The van der Waals surface area contributed by atoms with Crippen molar-refractivity contribution in [3.63, 3.8) is 0 Å². The number of aromatic nitrogens is 2. The molecular weight excluding hydrogens is 364 g/mol. The first kappa shape index (κ1) is 19.5. The molecule has 1 fully saturated rings. The molecule has 7 nitrogen and oxygen atoms in total. The highest BCUT2D eigenvalue weighted by atomic mass is 16.1. The Kier molecular flexibility index (Phi) is 5.32. The topological polar surface area (TPSA) is 82.6 Å². The van der Waals surface area contributed by atoms with E-state index >= 15 is 0 Å². The van der Waals surface area contributed by atoms with E-state index in [4.69, 9.17) is 10.4 Å². The third kappa shape index (κ3) is 4.15. The lowest BCUT2D eigenvalue weighted by Crippen LogP contribution is -2.50. The van der Waals surface area contributed by atoms with Crippen molar-refractivity contribution in [2.45, 2.75) is 32.6 Å². The number of rotatable bonds is 5. The fourth-order valence-corrected chi connectivity index (χ4v) is 4.14. The van der Waals surface area contributed by atoms with E-state index in [2.05, 4.69) is 17.5 Å². The van der Waals surface area contributed by atoms with Crippen molar-refractivity contribution in [2.75, 3.05) is 38.5 Å². The first-order valence-corrected chi connectivity index (χ1v) is 10.4. The largest absolute Gasteiger partial charge is 0.361 e. The molecular formula is C22H29N6O+. The number of likely N-dealkylation sites (N-methyl/N-ethyl adjacent to an activating group) is 1. The molecule has 7 heteroatoms. The Morgan fingerprint density at radius 1 is 1.28 bits per heavy atom. The van der Waals surface area contributed by atoms with Gasteiger partial charge in [0, 0.05) is 6.20 Å². The number of pyridine rings is 1. The first-order chi connectivity index (χ1) is 14.0. The molecule has 2 N–H and O–H groups in total. The summed E-state index contributed by atoms with van der Waals surface area (Å²) in [4.78, 5) is 16.6. The van der Waals surface area contributed by atoms with E-state index in [1.165, 1.54) is 32.4 Å². The van der Waals surface area contributed by atoms with Crippen LogP contribution in [0.3, 0.4) is 0 Å². The number of nitrogens with one attached hydrogen (secondary N) is 2. The molecule has 2 aromatic heterocycles. The van der Waals surface area contributed by atoms with Gasteiger partial charge in [-0.25, -0.2) is 9.51 Å². The predicted molar refractivity (Wildman–Crippen MR) is 117 cm³/mol. The average Bonchev–Trinajstić information content (AvgIpc) is 3.04. The van der Waals surface area contributed by atoms with E-state index in [1.54, 1.807) is 13.0 Å². The minimum Gasteiger partial charge on any atom is -0.361 e. The number of hydrogen-bond acceptors (Lipinski definition) is 5. The molecule has 0 atom stereocenters. The molecule has 152 valence electrons. The number of allylic oxidation sites excluding steroid dienone is 2. The van der Waals surface area contributed by atoms with Crippen molar-refractivity contribution >= 4 is 34.2 Å². The van der Waals surface area contributed by atoms with Gasteiger partial charge in [-0.3, -0.25) is 4.79 Å². The first-order valence-electron chi connectivity index (χ1n) is 10.4. The normalized spacial score (nSPS) is 20.9. The Balaban J connectivity index is 1.62. The molecule has 0 radical (unpaired) electrons. The van der Waals surface area contributed by atoms with Crippen molar-refractivity contribution in [1.82, 2.24) is 9.61 Å². The van der Waals surface area contributed by atoms with Crippen LogP contribution in [-0.2, 0) is 4.79 Å². The second-order valence-corrected chi connectivity index (χ2v) is 8.41. The number of fused-ring (bicyclic) bond motifs is 1. The van der Waals surface area contributed by atoms with Gasteiger partial charge in [0.2, 0.25) is 0 Å². The van der Waals surface area contributed by atoms with Gasteiger partial charge in [-0.2, -0.15) is 0 Å². The monoisotopic (exact) mass is 393 g/mol. The second-order valence-electron chi connectivity index (χ2n) is 8.41. The fourth-order valence-electron chi connectivity index (χ4n) is 4.14. The molecule has 1 aliphatic carbocycles. The molecule has 2 aromatic rings. The molecule has 0 amide bonds. The molecule has 2 aliphatic rings. The molecule has 29 heavy (non-hydrogen) atoms. The molecule has 0 saturated carbocycles. The van der Waals surface area contributed by atoms with Crippen molar-refractivity contribution < 1.29 is 9.28 Å². The van der Waals surface area contributed by atoms with Crippen LogP contribution in [0.5, 0.6) is 0 Å². The maximum Gasteiger partial charge on any atom is 0.175 e. The number of carbonyl (C=O) groups excluding carboxylic acids is 1. The Morgan fingerprint density at radius 3 is 2.86 bits per heavy atom. The van der Waals surface area contributed by atoms with Gasteiger partial charge in [0.15, 0.2) is 11.6 Å². The van der Waals surface area contributed by atoms with Crippen molar-refractivity contribution in [2.24, 2.45) is 4.99 Å². The SMILES string of the molecule is CC1=CC(=Nc2c(NCC[N+]3(C)CCCCC3)nn3ccccc23)C(=N)CC1=O. The van der Waals surface area contributed by atoms with Gasteiger partial charge in [-0.1, -0.05) is 6.07 Å². The summed E-state index contributed by atoms with van der Waals surface area (Å²) in [5, 5.41) is 16.4. The summed E-state index contributed by atoms with van der Waals surface area (Å²) in [6, 6.07) is 5.87. The van der Waals surface area contributed by atoms with Gasteiger partial charge in [0.25, 0.3) is 0 Å². The van der Waals surface area contributed by atoms with E-state index in [-0.39, 0.29) is 17.9 Å². The minimum absolute atomic E-state index is 0.00865. The van der Waals surface area contributed by atoms with Crippen LogP contribution in [0.15, 0.2) is 41.0 Å². The van der Waals surface area contributed by atoms with Crippen LogP contribution in [0, 0.1) is 5.41 Å². The van der Waals surface area contributed by atoms with Crippen molar-refractivity contribution in [3.05, 3.63) is 36.0 Å². The second kappa shape index (κ2) is 7.91. The van der Waals surface area contributed by atoms with E-state index in [1.807, 2.05) is 28.9 Å². The summed E-state index contributed by atoms with van der Waals surface area (Å²) in [6.45, 7) is 6.12. The summed E-state index contributed by atoms with van der Waals surface area (Å²) in [7, 11) is 2.33. The van der Waals surface area contributed by atoms with Crippen LogP contribution in [0.25, 0.3) is 5.52 Å². The zero-order valence-electron chi connectivity index (χ0n) is 17.2. The van der Waals surface area contributed by atoms with E-state index in [0.29, 0.717) is 11.3 Å². The lowest BCUT2D eigenvalue weighted by molar-refractivity contribution is -0.912. The number of piperidine rings is 1. The summed E-state index contributed by atoms with van der Waals surface area (Å²) in [5.74, 6) is 0.716. The van der Waals surface area contributed by atoms with Crippen LogP contribution in [0.4, 0.5) is 11.5 Å². The lowest BCUT2D eigenvalue weighted by Gasteiger charge is -2.37. The molecule has 1 saturated heterocycles. The number of nitrogens with zero attached hydrogens (tertiary/aromatic N) is 4. The van der Waals surface area contributed by atoms with Gasteiger partial charge in [-0.15, -0.1) is 5.10 Å². The summed E-state index contributed by atoms with van der Waals surface area (Å²) in [5.41, 5.74) is 3.06. The molecule has 0 aromatic carbocycles. The Morgan fingerprint density at radius 2 is 2.07 bits per heavy atom. The number of Topliss-reactive ketones (excluding diaryl/α,β-unsaturated/α-hetero) is 1. The number of ketones is 1. The van der Waals surface area contributed by atoms with Gasteiger partial charge in [0.05, 0.1) is 56.6 Å². The highest BCUT2D eigenvalue weighted by Gasteiger charge is 2.25. The Hall–Kier alpha value is -2.80. The highest BCUT2D eigenvalue weighted by molar-refractivity contribution is 6.51. The Bertz CT molecular complexity index is 1010. The van der Waals surface area contributed by atoms with Gasteiger partial charge >= 0.3 is 0 Å². The predicted octanol–water partition coefficient (Wildman–Crippen LogP) is 3.39. The van der Waals surface area contributed by atoms with Crippen LogP contribution in [-0.4, -0.2) is 64.5 Å². The van der Waals surface area contributed by atoms with Gasteiger partial charge < -0.3 is 15.2 Å². The fraction of sp³-hybridized carbons (Fsp3) is 0.455. The Labute approximate surface area is 171 Å². The van der Waals surface area contributed by atoms with Crippen LogP contribution < -0.4 is 5.32 Å². The smallest absolute Gasteiger partial charge is 0.175 e. The highest BCUT2D eigenvalue weighted by Crippen LogP contribution is 2.31. The molecule has 4 rings (SSSR count). The van der Waals surface area contributed by atoms with Crippen molar-refractivity contribution in [1.29, 1.82) is 5.41 Å². The number of likely N-dealkylation sites (tertiary alicyclic amines) is 1. The zero-order valence-corrected chi connectivity index (χ0v) is 17.2. The molecule has 1 aliphatic heterocycles. The molecule has 0 spiro atoms. The average molecular weight is 394 g/mol. The maximum absolute atomic E-state index is 11.9. The van der Waals surface area contributed by atoms with Gasteiger partial charge in [0.1, 0.15) is 5.69 Å². The number of anilines is 1. The van der Waals surface area contributed by atoms with Crippen LogP contribution >= 0.6 is 0 Å². The third-order valence-corrected chi connectivity index (χ3v) is 6.03. The van der Waals surface area contributed by atoms with Crippen molar-refractivity contribution in [3.8, 4) is 0 Å². The van der Waals surface area contributed by atoms with Crippen LogP contribution in [0.1, 0.15) is 32.6 Å². The number of carbonyl (C=O) groups is 1. The standard InChI is InChI=1S/C22H29N6O/c1-16-14-18(17(23)15-20(16)29)25-21-19-8-4-5-10-27(19)26-22(21)24-9-13-28(2)11-6-3-7-12-28/h4-5,8,10,14,23H,3,6-7,9,11-13,15H2,1-2H3,(H,24,26)/q+1. The number of hydrogen-bond donors (Lipinski definition) is 2. The van der Waals surface area contributed by atoms with E-state index in [0.717, 1.165) is 34.6 Å². The minimum atomic E-state index is -0.00865. The summed E-state index contributed by atoms with van der Waals surface area (Å²) >= 11 is 0. The molecule has 0 bridgehead atoms. The lowest BCUT2D eigenvalue weighted by atomic mass is 9.96. The van der Waals surface area contributed by atoms with Crippen LogP contribution in [0.2, 0.25) is 0 Å². The van der Waals surface area contributed by atoms with Gasteiger partial charge in [-0.05, 0) is 50.0 Å². The van der Waals surface area contributed by atoms with E-state index in [9.17, 15) is 4.79 Å². The number of aliphatic imine (C=N–C) groups is 1. The maximum atomic E-state index is 11.9. The quantitative estimate of drug-likeness (QED) is 0.764. The molecule has 0 unspecified atom stereocenters. The molecule has 3 heterocycles. The van der Waals surface area contributed by atoms with E-state index < -0.39 is 0 Å². The summed E-state index contributed by atoms with van der Waals surface area (Å²) < 4.78 is 2.91. The number of quaternary nitrogens is 1. The zero-order chi connectivity index (χ0) is 20.4. The summed E-state index contributed by atoms with van der Waals surface area (Å²) in [6.07, 6.45) is 7.67.